The second-order valence-electron chi connectivity index (χ2n) is 2.70. The summed E-state index contributed by atoms with van der Waals surface area (Å²) in [5.41, 5.74) is 5.36. The Balaban J connectivity index is 0.000000810. The van der Waals surface area contributed by atoms with E-state index in [2.05, 4.69) is 0 Å². The van der Waals surface area contributed by atoms with Gasteiger partial charge in [0.2, 0.25) is 0 Å². The van der Waals surface area contributed by atoms with Gasteiger partial charge in [0.05, 0.1) is 11.8 Å². The summed E-state index contributed by atoms with van der Waals surface area (Å²) < 4.78 is 5.07. The lowest BCUT2D eigenvalue weighted by Gasteiger charge is -2.13. The Hall–Kier alpha value is -0.470. The highest BCUT2D eigenvalue weighted by molar-refractivity contribution is 5.85. The zero-order valence-electron chi connectivity index (χ0n) is 6.13. The molecule has 0 spiro atoms. The number of rotatable bonds is 1. The highest BCUT2D eigenvalue weighted by atomic mass is 35.5. The number of hydrogen-bond donors (Lipinski definition) is 1. The van der Waals surface area contributed by atoms with Crippen LogP contribution < -0.4 is 5.73 Å². The average molecular weight is 162 g/mol. The molecule has 3 heteroatoms. The van der Waals surface area contributed by atoms with Gasteiger partial charge in [-0.25, -0.2) is 0 Å². The zero-order valence-corrected chi connectivity index (χ0v) is 6.94. The first-order valence-electron chi connectivity index (χ1n) is 2.93. The molecule has 0 bridgehead atoms. The smallest absolute Gasteiger partial charge is 0.123 e. The Morgan fingerprint density at radius 1 is 1.50 bits per heavy atom. The number of halogens is 1. The van der Waals surface area contributed by atoms with Gasteiger partial charge in [-0.05, 0) is 26.0 Å². The summed E-state index contributed by atoms with van der Waals surface area (Å²) in [4.78, 5) is 0. The molecule has 0 aliphatic heterocycles. The molecule has 0 saturated carbocycles. The molecule has 0 fully saturated rings. The van der Waals surface area contributed by atoms with E-state index in [0.717, 1.165) is 5.76 Å². The first-order valence-corrected chi connectivity index (χ1v) is 2.93. The molecule has 1 aromatic rings. The molecule has 2 nitrogen and oxygen atoms in total. The summed E-state index contributed by atoms with van der Waals surface area (Å²) in [7, 11) is 0. The van der Waals surface area contributed by atoms with Crippen molar-refractivity contribution < 1.29 is 4.42 Å². The lowest BCUT2D eigenvalue weighted by atomic mass is 10.0. The van der Waals surface area contributed by atoms with Crippen molar-refractivity contribution in [3.05, 3.63) is 24.2 Å². The van der Waals surface area contributed by atoms with Crippen LogP contribution in [-0.2, 0) is 5.54 Å². The van der Waals surface area contributed by atoms with Gasteiger partial charge in [-0.2, -0.15) is 0 Å². The van der Waals surface area contributed by atoms with Crippen LogP contribution in [0.15, 0.2) is 22.8 Å². The largest absolute Gasteiger partial charge is 0.467 e. The Labute approximate surface area is 66.8 Å². The monoisotopic (exact) mass is 161 g/mol. The van der Waals surface area contributed by atoms with Crippen LogP contribution in [0.2, 0.25) is 0 Å². The highest BCUT2D eigenvalue weighted by Crippen LogP contribution is 2.15. The first kappa shape index (κ1) is 9.53. The van der Waals surface area contributed by atoms with Crippen molar-refractivity contribution in [1.29, 1.82) is 0 Å². The molecule has 10 heavy (non-hydrogen) atoms. The van der Waals surface area contributed by atoms with Crippen molar-refractivity contribution in [2.45, 2.75) is 19.4 Å². The Kier molecular flexibility index (Phi) is 2.94. The van der Waals surface area contributed by atoms with Gasteiger partial charge in [-0.3, -0.25) is 0 Å². The number of nitrogens with two attached hydrogens (primary N) is 1. The van der Waals surface area contributed by atoms with Crippen molar-refractivity contribution in [2.24, 2.45) is 5.73 Å². The van der Waals surface area contributed by atoms with E-state index in [0.29, 0.717) is 0 Å². The average Bonchev–Trinajstić information content (AvgIpc) is 2.08. The minimum Gasteiger partial charge on any atom is -0.467 e. The Bertz CT molecular complexity index is 176. The normalized spacial score (nSPS) is 10.7. The molecule has 1 heterocycles. The molecule has 0 aromatic carbocycles. The van der Waals surface area contributed by atoms with E-state index >= 15 is 0 Å². The van der Waals surface area contributed by atoms with Crippen LogP contribution in [0.3, 0.4) is 0 Å². The van der Waals surface area contributed by atoms with Gasteiger partial charge in [-0.1, -0.05) is 0 Å². The van der Waals surface area contributed by atoms with Crippen LogP contribution in [-0.4, -0.2) is 0 Å². The first-order chi connectivity index (χ1) is 4.11. The van der Waals surface area contributed by atoms with Crippen LogP contribution in [0.1, 0.15) is 19.6 Å². The van der Waals surface area contributed by atoms with Crippen molar-refractivity contribution in [3.63, 3.8) is 0 Å². The molecule has 1 aromatic heterocycles. The maximum Gasteiger partial charge on any atom is 0.123 e. The molecule has 0 amide bonds. The predicted molar refractivity (Wildman–Crippen MR) is 43.2 cm³/mol. The molecule has 1 rings (SSSR count). The third-order valence-electron chi connectivity index (χ3n) is 1.16. The van der Waals surface area contributed by atoms with Crippen LogP contribution in [0.4, 0.5) is 0 Å². The zero-order chi connectivity index (χ0) is 6.91. The van der Waals surface area contributed by atoms with E-state index in [9.17, 15) is 0 Å². The lowest BCUT2D eigenvalue weighted by Crippen LogP contribution is -2.27. The lowest BCUT2D eigenvalue weighted by molar-refractivity contribution is 0.394. The van der Waals surface area contributed by atoms with Crippen LogP contribution in [0.5, 0.6) is 0 Å². The van der Waals surface area contributed by atoms with E-state index in [1.54, 1.807) is 6.26 Å². The van der Waals surface area contributed by atoms with E-state index in [-0.39, 0.29) is 17.9 Å². The molecule has 2 N–H and O–H groups in total. The third kappa shape index (κ3) is 2.05. The van der Waals surface area contributed by atoms with Crippen LogP contribution in [0, 0.1) is 0 Å². The highest BCUT2D eigenvalue weighted by Gasteiger charge is 2.15. The SMILES string of the molecule is CC(C)(N)c1ccco1.Cl. The predicted octanol–water partition coefficient (Wildman–Crippen LogP) is 1.90. The topological polar surface area (TPSA) is 39.2 Å². The van der Waals surface area contributed by atoms with E-state index in [1.165, 1.54) is 0 Å². The van der Waals surface area contributed by atoms with Gasteiger partial charge in [0.15, 0.2) is 0 Å². The molecule has 0 radical (unpaired) electrons. The van der Waals surface area contributed by atoms with Gasteiger partial charge in [0.25, 0.3) is 0 Å². The summed E-state index contributed by atoms with van der Waals surface area (Å²) >= 11 is 0. The third-order valence-corrected chi connectivity index (χ3v) is 1.16. The number of hydrogen-bond acceptors (Lipinski definition) is 2. The maximum absolute atomic E-state index is 5.71. The van der Waals surface area contributed by atoms with Gasteiger partial charge in [0.1, 0.15) is 5.76 Å². The van der Waals surface area contributed by atoms with Gasteiger partial charge in [0, 0.05) is 0 Å². The summed E-state index contributed by atoms with van der Waals surface area (Å²) in [6, 6.07) is 3.71. The second kappa shape index (κ2) is 3.08. The molecule has 0 aliphatic rings. The standard InChI is InChI=1S/C7H11NO.ClH/c1-7(2,8)6-4-3-5-9-6;/h3-5H,8H2,1-2H3;1H. The summed E-state index contributed by atoms with van der Waals surface area (Å²) in [6.45, 7) is 3.82. The summed E-state index contributed by atoms with van der Waals surface area (Å²) in [5, 5.41) is 0. The molecule has 0 aliphatic carbocycles. The van der Waals surface area contributed by atoms with Crippen molar-refractivity contribution in [2.75, 3.05) is 0 Å². The maximum atomic E-state index is 5.71. The minimum absolute atomic E-state index is 0. The van der Waals surface area contributed by atoms with Gasteiger partial charge in [-0.15, -0.1) is 12.4 Å². The molecule has 0 unspecified atom stereocenters. The fraction of sp³-hybridized carbons (Fsp3) is 0.429. The fourth-order valence-electron chi connectivity index (χ4n) is 0.645. The van der Waals surface area contributed by atoms with E-state index < -0.39 is 0 Å². The summed E-state index contributed by atoms with van der Waals surface area (Å²) in [6.07, 6.45) is 1.63. The van der Waals surface area contributed by atoms with Crippen molar-refractivity contribution >= 4 is 12.4 Å². The van der Waals surface area contributed by atoms with Crippen molar-refractivity contribution in [1.82, 2.24) is 0 Å². The quantitative estimate of drug-likeness (QED) is 0.684. The molecule has 58 valence electrons. The Morgan fingerprint density at radius 3 is 2.30 bits per heavy atom. The second-order valence-corrected chi connectivity index (χ2v) is 2.70. The minimum atomic E-state index is -0.344. The van der Waals surface area contributed by atoms with Crippen LogP contribution in [0.25, 0.3) is 0 Å². The summed E-state index contributed by atoms with van der Waals surface area (Å²) in [5.74, 6) is 0.822. The van der Waals surface area contributed by atoms with Crippen molar-refractivity contribution in [3.8, 4) is 0 Å². The van der Waals surface area contributed by atoms with Crippen LogP contribution >= 0.6 is 12.4 Å². The fourth-order valence-corrected chi connectivity index (χ4v) is 0.645. The Morgan fingerprint density at radius 2 is 2.10 bits per heavy atom. The molecule has 0 saturated heterocycles. The molecule has 0 atom stereocenters. The van der Waals surface area contributed by atoms with E-state index in [1.807, 2.05) is 26.0 Å². The molecular formula is C7H12ClNO. The van der Waals surface area contributed by atoms with E-state index in [4.69, 9.17) is 10.2 Å². The van der Waals surface area contributed by atoms with Gasteiger partial charge < -0.3 is 10.2 Å². The molecular weight excluding hydrogens is 150 g/mol. The number of furan rings is 1. The van der Waals surface area contributed by atoms with Gasteiger partial charge >= 0.3 is 0 Å².